The van der Waals surface area contributed by atoms with Crippen LogP contribution < -0.4 is 4.90 Å². The fourth-order valence-electron chi connectivity index (χ4n) is 6.54. The van der Waals surface area contributed by atoms with E-state index in [1.54, 1.807) is 12.2 Å². The monoisotopic (exact) mass is 484 g/mol. The zero-order chi connectivity index (χ0) is 24.7. The van der Waals surface area contributed by atoms with Gasteiger partial charge in [-0.25, -0.2) is 4.79 Å². The van der Waals surface area contributed by atoms with Gasteiger partial charge < -0.3 is 19.8 Å². The van der Waals surface area contributed by atoms with Crippen molar-refractivity contribution in [1.82, 2.24) is 14.8 Å². The Balaban J connectivity index is 1.14. The van der Waals surface area contributed by atoms with Gasteiger partial charge in [-0.05, 0) is 79.0 Å². The topological polar surface area (TPSA) is 77.0 Å². The van der Waals surface area contributed by atoms with Crippen LogP contribution in [0.1, 0.15) is 53.2 Å². The van der Waals surface area contributed by atoms with Gasteiger partial charge in [0.15, 0.2) is 0 Å². The molecule has 2 aromatic rings. The molecule has 36 heavy (non-hydrogen) atoms. The second-order valence-electron chi connectivity index (χ2n) is 10.6. The van der Waals surface area contributed by atoms with Gasteiger partial charge in [0.05, 0.1) is 6.04 Å². The van der Waals surface area contributed by atoms with Crippen molar-refractivity contribution in [3.63, 3.8) is 0 Å². The molecule has 3 aliphatic heterocycles. The maximum absolute atomic E-state index is 13.5. The van der Waals surface area contributed by atoms with Crippen LogP contribution in [0, 0.1) is 5.41 Å². The summed E-state index contributed by atoms with van der Waals surface area (Å²) >= 11 is 0. The highest BCUT2D eigenvalue weighted by atomic mass is 16.4. The van der Waals surface area contributed by atoms with Crippen LogP contribution in [0.15, 0.2) is 66.7 Å². The number of aliphatic carboxylic acids is 1. The van der Waals surface area contributed by atoms with Crippen molar-refractivity contribution < 1.29 is 14.7 Å². The van der Waals surface area contributed by atoms with Gasteiger partial charge in [-0.3, -0.25) is 9.78 Å². The number of carbonyl (C=O) groups is 2. The standard InChI is InChI=1S/C29H32N4O3/c34-27(31-16-10-29(11-17-31)12-18-32(20-29)23-8-13-30-14-9-23)22-5-4-21-6-7-25(24(21)19-22)33-15-2-1-3-26(33)28(35)36/h1-5,8-9,13-14,19,25H,6-7,10-12,15-18,20H2,(H,35,36). The SMILES string of the molecule is O=C(O)C1=CC=CCN1C1CCc2ccc(C(=O)N3CCC4(CC3)CCN(c3ccncc3)C4)cc21. The van der Waals surface area contributed by atoms with Crippen LogP contribution in [0.5, 0.6) is 0 Å². The predicted molar refractivity (Wildman–Crippen MR) is 138 cm³/mol. The molecular weight excluding hydrogens is 452 g/mol. The zero-order valence-electron chi connectivity index (χ0n) is 20.5. The fraction of sp³-hybridized carbons (Fsp3) is 0.414. The first-order valence-electron chi connectivity index (χ1n) is 13.0. The van der Waals surface area contributed by atoms with Gasteiger partial charge in [-0.2, -0.15) is 0 Å². The minimum Gasteiger partial charge on any atom is -0.477 e. The highest BCUT2D eigenvalue weighted by Gasteiger charge is 2.42. The van der Waals surface area contributed by atoms with Gasteiger partial charge in [0.25, 0.3) is 5.91 Å². The maximum Gasteiger partial charge on any atom is 0.352 e. The van der Waals surface area contributed by atoms with Gasteiger partial charge in [0, 0.05) is 56.4 Å². The number of aryl methyl sites for hydroxylation is 1. The number of rotatable bonds is 4. The van der Waals surface area contributed by atoms with Crippen LogP contribution in [0.25, 0.3) is 0 Å². The molecular formula is C29H32N4O3. The molecule has 1 amide bonds. The Bertz CT molecular complexity index is 1230. The van der Waals surface area contributed by atoms with E-state index >= 15 is 0 Å². The molecule has 7 heteroatoms. The molecule has 1 spiro atoms. The van der Waals surface area contributed by atoms with Crippen molar-refractivity contribution in [2.24, 2.45) is 5.41 Å². The Labute approximate surface area is 211 Å². The molecule has 1 unspecified atom stereocenters. The van der Waals surface area contributed by atoms with E-state index in [-0.39, 0.29) is 17.4 Å². The van der Waals surface area contributed by atoms with Crippen molar-refractivity contribution in [1.29, 1.82) is 0 Å². The molecule has 1 atom stereocenters. The average Bonchev–Trinajstić information content (AvgIpc) is 3.53. The molecule has 4 aliphatic rings. The van der Waals surface area contributed by atoms with Crippen molar-refractivity contribution in [3.8, 4) is 0 Å². The highest BCUT2D eigenvalue weighted by molar-refractivity contribution is 5.94. The maximum atomic E-state index is 13.5. The molecule has 186 valence electrons. The van der Waals surface area contributed by atoms with Crippen LogP contribution in [0.2, 0.25) is 0 Å². The quantitative estimate of drug-likeness (QED) is 0.706. The summed E-state index contributed by atoms with van der Waals surface area (Å²) in [6, 6.07) is 10.2. The molecule has 0 saturated carbocycles. The molecule has 2 fully saturated rings. The summed E-state index contributed by atoms with van der Waals surface area (Å²) in [6.07, 6.45) is 14.2. The number of amides is 1. The van der Waals surface area contributed by atoms with Gasteiger partial charge >= 0.3 is 5.97 Å². The van der Waals surface area contributed by atoms with Gasteiger partial charge in [-0.1, -0.05) is 18.2 Å². The summed E-state index contributed by atoms with van der Waals surface area (Å²) in [5.74, 6) is -0.813. The summed E-state index contributed by atoms with van der Waals surface area (Å²) in [6.45, 7) is 4.25. The van der Waals surface area contributed by atoms with Gasteiger partial charge in [0.2, 0.25) is 0 Å². The first kappa shape index (κ1) is 22.8. The lowest BCUT2D eigenvalue weighted by Crippen LogP contribution is -2.44. The molecule has 0 radical (unpaired) electrons. The fourth-order valence-corrected chi connectivity index (χ4v) is 6.54. The van der Waals surface area contributed by atoms with Gasteiger partial charge in [-0.15, -0.1) is 0 Å². The van der Waals surface area contributed by atoms with Crippen molar-refractivity contribution in [2.75, 3.05) is 37.6 Å². The molecule has 1 aromatic carbocycles. The van der Waals surface area contributed by atoms with Crippen molar-refractivity contribution in [2.45, 2.75) is 38.1 Å². The Morgan fingerprint density at radius 3 is 2.58 bits per heavy atom. The number of benzene rings is 1. The lowest BCUT2D eigenvalue weighted by atomic mass is 9.77. The number of piperidine rings is 1. The van der Waals surface area contributed by atoms with Crippen LogP contribution in [-0.4, -0.2) is 64.5 Å². The summed E-state index contributed by atoms with van der Waals surface area (Å²) in [4.78, 5) is 35.9. The number of nitrogens with zero attached hydrogens (tertiary/aromatic N) is 4. The number of carboxylic acids is 1. The lowest BCUT2D eigenvalue weighted by Gasteiger charge is -2.39. The number of allylic oxidation sites excluding steroid dienone is 2. The van der Waals surface area contributed by atoms with E-state index in [1.807, 2.05) is 40.4 Å². The predicted octanol–water partition coefficient (Wildman–Crippen LogP) is 4.04. The van der Waals surface area contributed by atoms with Crippen LogP contribution >= 0.6 is 0 Å². The Kier molecular flexibility index (Phi) is 5.78. The second-order valence-corrected chi connectivity index (χ2v) is 10.6. The smallest absolute Gasteiger partial charge is 0.352 e. The van der Waals surface area contributed by atoms with Crippen LogP contribution in [0.4, 0.5) is 5.69 Å². The Morgan fingerprint density at radius 2 is 1.81 bits per heavy atom. The van der Waals surface area contributed by atoms with E-state index in [2.05, 4.69) is 28.1 Å². The molecule has 6 rings (SSSR count). The first-order chi connectivity index (χ1) is 17.5. The number of aromatic nitrogens is 1. The number of anilines is 1. The number of hydrogen-bond donors (Lipinski definition) is 1. The number of carboxylic acid groups (broad SMARTS) is 1. The molecule has 1 aromatic heterocycles. The number of fused-ring (bicyclic) bond motifs is 1. The minimum absolute atomic E-state index is 0.0117. The third-order valence-electron chi connectivity index (χ3n) is 8.61. The molecule has 2 saturated heterocycles. The van der Waals surface area contributed by atoms with E-state index in [4.69, 9.17) is 0 Å². The molecule has 1 N–H and O–H groups in total. The second kappa shape index (κ2) is 9.12. The van der Waals surface area contributed by atoms with Gasteiger partial charge in [0.1, 0.15) is 5.70 Å². The van der Waals surface area contributed by atoms with E-state index in [0.717, 1.165) is 63.0 Å². The number of likely N-dealkylation sites (tertiary alicyclic amines) is 1. The van der Waals surface area contributed by atoms with Crippen molar-refractivity contribution >= 4 is 17.6 Å². The summed E-state index contributed by atoms with van der Waals surface area (Å²) in [7, 11) is 0. The van der Waals surface area contributed by atoms with Crippen molar-refractivity contribution in [3.05, 3.63) is 83.3 Å². The van der Waals surface area contributed by atoms with Crippen LogP contribution in [0.3, 0.4) is 0 Å². The summed E-state index contributed by atoms with van der Waals surface area (Å²) in [5, 5.41) is 9.69. The third kappa shape index (κ3) is 4.06. The summed E-state index contributed by atoms with van der Waals surface area (Å²) < 4.78 is 0. The number of hydrogen-bond acceptors (Lipinski definition) is 5. The van der Waals surface area contributed by atoms with E-state index in [9.17, 15) is 14.7 Å². The summed E-state index contributed by atoms with van der Waals surface area (Å²) in [5.41, 5.74) is 4.87. The third-order valence-corrected chi connectivity index (χ3v) is 8.61. The minimum atomic E-state index is -0.906. The molecule has 4 heterocycles. The van der Waals surface area contributed by atoms with E-state index in [1.165, 1.54) is 17.7 Å². The zero-order valence-corrected chi connectivity index (χ0v) is 20.5. The number of pyridine rings is 1. The number of carbonyl (C=O) groups excluding carboxylic acids is 1. The molecule has 1 aliphatic carbocycles. The van der Waals surface area contributed by atoms with E-state index in [0.29, 0.717) is 12.2 Å². The first-order valence-corrected chi connectivity index (χ1v) is 13.0. The normalized spacial score (nSPS) is 22.6. The molecule has 0 bridgehead atoms. The Morgan fingerprint density at radius 1 is 1.03 bits per heavy atom. The largest absolute Gasteiger partial charge is 0.477 e. The van der Waals surface area contributed by atoms with E-state index < -0.39 is 5.97 Å². The highest BCUT2D eigenvalue weighted by Crippen LogP contribution is 2.43. The Hall–Kier alpha value is -3.61. The average molecular weight is 485 g/mol. The lowest BCUT2D eigenvalue weighted by molar-refractivity contribution is -0.134. The van der Waals surface area contributed by atoms with Crippen LogP contribution in [-0.2, 0) is 11.2 Å². The molecule has 7 nitrogen and oxygen atoms in total.